The lowest BCUT2D eigenvalue weighted by Gasteiger charge is -2.31. The number of carboxylic acid groups (broad SMARTS) is 1. The molecule has 206 valence electrons. The van der Waals surface area contributed by atoms with Crippen LogP contribution in [0.4, 0.5) is 27.1 Å². The van der Waals surface area contributed by atoms with Crippen molar-refractivity contribution < 1.29 is 23.5 Å². The molecule has 0 aliphatic carbocycles. The lowest BCUT2D eigenvalue weighted by molar-refractivity contribution is 0.0697. The second-order valence-electron chi connectivity index (χ2n) is 11.0. The number of fused-ring (bicyclic) bond motifs is 1. The van der Waals surface area contributed by atoms with Crippen LogP contribution in [0.2, 0.25) is 0 Å². The maximum Gasteiger partial charge on any atom is 0.337 e. The Hall–Kier alpha value is -4.73. The third-order valence-corrected chi connectivity index (χ3v) is 7.25. The van der Waals surface area contributed by atoms with Gasteiger partial charge in [0.05, 0.1) is 35.1 Å². The molecule has 1 atom stereocenters. The molecular weight excluding hydrogens is 517 g/mol. The molecule has 1 aliphatic rings. The van der Waals surface area contributed by atoms with E-state index in [9.17, 15) is 28.7 Å². The molecule has 4 aromatic rings. The lowest BCUT2D eigenvalue weighted by atomic mass is 9.84. The fourth-order valence-electron chi connectivity index (χ4n) is 4.96. The number of nitrogens with one attached hydrogen (secondary N) is 2. The number of hydrogen-bond acceptors (Lipinski definition) is 7. The van der Waals surface area contributed by atoms with Gasteiger partial charge < -0.3 is 25.1 Å². The number of amides is 1. The highest BCUT2D eigenvalue weighted by molar-refractivity contribution is 6.15. The molecule has 5 rings (SSSR count). The molecule has 0 bridgehead atoms. The molecule has 0 saturated carbocycles. The van der Waals surface area contributed by atoms with E-state index in [0.29, 0.717) is 5.76 Å². The molecule has 10 heteroatoms. The van der Waals surface area contributed by atoms with E-state index >= 15 is 0 Å². The third-order valence-electron chi connectivity index (χ3n) is 7.25. The summed E-state index contributed by atoms with van der Waals surface area (Å²) in [6.07, 6.45) is 0. The van der Waals surface area contributed by atoms with Gasteiger partial charge in [0, 0.05) is 5.56 Å². The predicted molar refractivity (Wildman–Crippen MR) is 149 cm³/mol. The number of carboxylic acids is 1. The van der Waals surface area contributed by atoms with Crippen molar-refractivity contribution in [3.63, 3.8) is 0 Å². The van der Waals surface area contributed by atoms with Gasteiger partial charge in [0.25, 0.3) is 16.8 Å². The Labute approximate surface area is 228 Å². The van der Waals surface area contributed by atoms with Crippen LogP contribution in [0.15, 0.2) is 56.5 Å². The molecule has 2 heterocycles. The van der Waals surface area contributed by atoms with Gasteiger partial charge in [0.2, 0.25) is 0 Å². The first-order valence-electron chi connectivity index (χ1n) is 12.7. The summed E-state index contributed by atoms with van der Waals surface area (Å²) < 4.78 is 20.8. The van der Waals surface area contributed by atoms with Gasteiger partial charge in [-0.05, 0) is 55.2 Å². The van der Waals surface area contributed by atoms with Crippen molar-refractivity contribution in [2.75, 3.05) is 15.5 Å². The largest absolute Gasteiger partial charge is 0.478 e. The molecule has 9 nitrogen and oxygen atoms in total. The first-order valence-corrected chi connectivity index (χ1v) is 12.7. The van der Waals surface area contributed by atoms with Crippen LogP contribution in [0.25, 0.3) is 0 Å². The van der Waals surface area contributed by atoms with E-state index in [-0.39, 0.29) is 46.0 Å². The molecule has 3 aromatic carbocycles. The number of para-hydroxylation sites is 1. The number of aryl methyl sites for hydroxylation is 2. The topological polar surface area (TPSA) is 129 Å². The minimum absolute atomic E-state index is 0.0354. The summed E-state index contributed by atoms with van der Waals surface area (Å²) in [6.45, 7) is 9.45. The van der Waals surface area contributed by atoms with Crippen molar-refractivity contribution in [2.45, 2.75) is 47.2 Å². The molecular formula is C30H28FN3O6. The quantitative estimate of drug-likeness (QED) is 0.262. The zero-order valence-electron chi connectivity index (χ0n) is 22.6. The minimum atomic E-state index is -1.23. The van der Waals surface area contributed by atoms with E-state index in [1.807, 2.05) is 40.7 Å². The van der Waals surface area contributed by atoms with Crippen LogP contribution < -0.4 is 26.4 Å². The van der Waals surface area contributed by atoms with E-state index in [4.69, 9.17) is 4.42 Å². The van der Waals surface area contributed by atoms with Crippen LogP contribution in [0.1, 0.15) is 70.2 Å². The average molecular weight is 546 g/mol. The van der Waals surface area contributed by atoms with Crippen LogP contribution in [0.3, 0.4) is 0 Å². The molecule has 0 unspecified atom stereocenters. The number of furan rings is 1. The van der Waals surface area contributed by atoms with E-state index in [0.717, 1.165) is 17.4 Å². The van der Waals surface area contributed by atoms with Crippen LogP contribution in [0.5, 0.6) is 0 Å². The summed E-state index contributed by atoms with van der Waals surface area (Å²) in [5.41, 5.74) is -0.831. The van der Waals surface area contributed by atoms with Crippen molar-refractivity contribution in [1.29, 1.82) is 0 Å². The Bertz CT molecular complexity index is 1740. The van der Waals surface area contributed by atoms with Crippen LogP contribution >= 0.6 is 0 Å². The number of nitrogens with zero attached hydrogens (tertiary/aromatic N) is 1. The van der Waals surface area contributed by atoms with Gasteiger partial charge in [-0.1, -0.05) is 32.9 Å². The summed E-state index contributed by atoms with van der Waals surface area (Å²) in [4.78, 5) is 51.8. The number of aromatic carboxylic acids is 1. The van der Waals surface area contributed by atoms with Crippen LogP contribution in [-0.4, -0.2) is 17.0 Å². The van der Waals surface area contributed by atoms with Gasteiger partial charge >= 0.3 is 5.97 Å². The molecule has 40 heavy (non-hydrogen) atoms. The fraction of sp³-hybridized carbons (Fsp3) is 0.267. The Morgan fingerprint density at radius 2 is 1.73 bits per heavy atom. The Kier molecular flexibility index (Phi) is 6.36. The van der Waals surface area contributed by atoms with Gasteiger partial charge in [-0.2, -0.15) is 0 Å². The highest BCUT2D eigenvalue weighted by Crippen LogP contribution is 2.40. The van der Waals surface area contributed by atoms with Crippen molar-refractivity contribution in [3.8, 4) is 0 Å². The maximum absolute atomic E-state index is 14.9. The Morgan fingerprint density at radius 1 is 1.05 bits per heavy atom. The van der Waals surface area contributed by atoms with Gasteiger partial charge in [0.15, 0.2) is 0 Å². The standard InChI is InChI=1S/C30H28FN3O6/c1-14-12-21(40-15(14)2)27(30(3,4)5)33-24-23(25(35)26(24)36)32-19-11-10-18(31)17-13-34(28(37)22(17)19)20-9-7-6-8-16(20)29(38)39/h6-12,27,32-33H,13H2,1-5H3,(H,38,39)/t27-/m0/s1. The monoisotopic (exact) mass is 545 g/mol. The molecule has 0 saturated heterocycles. The smallest absolute Gasteiger partial charge is 0.337 e. The number of hydrogen-bond donors (Lipinski definition) is 3. The summed E-state index contributed by atoms with van der Waals surface area (Å²) in [5, 5.41) is 15.6. The molecule has 0 fully saturated rings. The number of halogens is 1. The number of rotatable bonds is 7. The first kappa shape index (κ1) is 26.9. The minimum Gasteiger partial charge on any atom is -0.478 e. The molecule has 3 N–H and O–H groups in total. The van der Waals surface area contributed by atoms with Crippen LogP contribution in [0, 0.1) is 25.1 Å². The van der Waals surface area contributed by atoms with E-state index in [1.54, 1.807) is 6.07 Å². The summed E-state index contributed by atoms with van der Waals surface area (Å²) in [6, 6.07) is 9.85. The molecule has 0 spiro atoms. The number of benzene rings is 2. The summed E-state index contributed by atoms with van der Waals surface area (Å²) in [5.74, 6) is -1.17. The van der Waals surface area contributed by atoms with Gasteiger partial charge in [-0.15, -0.1) is 0 Å². The van der Waals surface area contributed by atoms with Crippen molar-refractivity contribution in [1.82, 2.24) is 0 Å². The SMILES string of the molecule is Cc1cc([C@H](Nc2c(Nc3ccc(F)c4c3C(=O)N(c3ccccc3C(=O)O)C4)c(=O)c2=O)C(C)(C)C)oc1C. The summed E-state index contributed by atoms with van der Waals surface area (Å²) in [7, 11) is 0. The highest BCUT2D eigenvalue weighted by Gasteiger charge is 2.37. The van der Waals surface area contributed by atoms with E-state index < -0.39 is 40.0 Å². The number of carbonyl (C=O) groups is 2. The van der Waals surface area contributed by atoms with E-state index in [2.05, 4.69) is 10.6 Å². The van der Waals surface area contributed by atoms with Crippen LogP contribution in [-0.2, 0) is 6.54 Å². The third kappa shape index (κ3) is 4.35. The Morgan fingerprint density at radius 3 is 2.35 bits per heavy atom. The van der Waals surface area contributed by atoms with Crippen molar-refractivity contribution in [2.24, 2.45) is 5.41 Å². The fourth-order valence-corrected chi connectivity index (χ4v) is 4.96. The molecule has 1 aliphatic heterocycles. The number of anilines is 4. The zero-order chi connectivity index (χ0) is 29.1. The Balaban J connectivity index is 1.51. The predicted octanol–water partition coefficient (Wildman–Crippen LogP) is 5.43. The number of carbonyl (C=O) groups excluding carboxylic acids is 1. The first-order chi connectivity index (χ1) is 18.8. The molecule has 1 amide bonds. The van der Waals surface area contributed by atoms with Gasteiger partial charge in [0.1, 0.15) is 28.7 Å². The molecule has 1 aromatic heterocycles. The maximum atomic E-state index is 14.9. The normalized spacial score (nSPS) is 13.9. The van der Waals surface area contributed by atoms with Gasteiger partial charge in [-0.25, -0.2) is 9.18 Å². The molecule has 0 radical (unpaired) electrons. The highest BCUT2D eigenvalue weighted by atomic mass is 19.1. The average Bonchev–Trinajstić information content (AvgIpc) is 3.42. The van der Waals surface area contributed by atoms with E-state index in [1.165, 1.54) is 29.2 Å². The van der Waals surface area contributed by atoms with Crippen molar-refractivity contribution >= 4 is 34.6 Å². The second-order valence-corrected chi connectivity index (χ2v) is 11.0. The van der Waals surface area contributed by atoms with Crippen molar-refractivity contribution in [3.05, 3.63) is 103 Å². The zero-order valence-corrected chi connectivity index (χ0v) is 22.6. The summed E-state index contributed by atoms with van der Waals surface area (Å²) >= 11 is 0. The lowest BCUT2D eigenvalue weighted by Crippen LogP contribution is -2.39. The van der Waals surface area contributed by atoms with Gasteiger partial charge in [-0.3, -0.25) is 14.4 Å². The second kappa shape index (κ2) is 9.48.